The maximum Gasteiger partial charge on any atom is 0.310 e. The first-order valence-corrected chi connectivity index (χ1v) is 12.3. The molecule has 1 aliphatic heterocycles. The van der Waals surface area contributed by atoms with E-state index in [4.69, 9.17) is 13.9 Å². The number of hydrogen-bond donors (Lipinski definition) is 0. The number of ketones is 1. The zero-order valence-electron chi connectivity index (χ0n) is 20.7. The second-order valence-electron chi connectivity index (χ2n) is 10.5. The first-order valence-electron chi connectivity index (χ1n) is 12.3. The van der Waals surface area contributed by atoms with E-state index in [1.54, 1.807) is 24.2 Å². The molecular weight excluding hydrogens is 438 g/mol. The van der Waals surface area contributed by atoms with E-state index in [-0.39, 0.29) is 36.5 Å². The highest BCUT2D eigenvalue weighted by Crippen LogP contribution is 2.65. The van der Waals surface area contributed by atoms with Crippen molar-refractivity contribution in [2.24, 2.45) is 28.6 Å². The van der Waals surface area contributed by atoms with Crippen LogP contribution >= 0.6 is 0 Å². The number of esters is 2. The van der Waals surface area contributed by atoms with Gasteiger partial charge in [-0.25, -0.2) is 0 Å². The van der Waals surface area contributed by atoms with E-state index in [1.165, 1.54) is 13.4 Å². The minimum absolute atomic E-state index is 0.0563. The van der Waals surface area contributed by atoms with Gasteiger partial charge in [-0.3, -0.25) is 19.2 Å². The van der Waals surface area contributed by atoms with Gasteiger partial charge in [0.15, 0.2) is 5.78 Å². The summed E-state index contributed by atoms with van der Waals surface area (Å²) in [6, 6.07) is 1.05. The van der Waals surface area contributed by atoms with Crippen LogP contribution in [0.15, 0.2) is 23.0 Å². The molecule has 0 spiro atoms. The third-order valence-corrected chi connectivity index (χ3v) is 8.86. The Hall–Kier alpha value is -2.64. The molecule has 2 aliphatic carbocycles. The Morgan fingerprint density at radius 1 is 1.21 bits per heavy atom. The number of nitrogens with zero attached hydrogens (tertiary/aromatic N) is 1. The van der Waals surface area contributed by atoms with Gasteiger partial charge in [-0.1, -0.05) is 20.8 Å². The van der Waals surface area contributed by atoms with Crippen LogP contribution in [0.1, 0.15) is 71.5 Å². The van der Waals surface area contributed by atoms with Crippen LogP contribution < -0.4 is 0 Å². The van der Waals surface area contributed by atoms with Crippen LogP contribution in [0.2, 0.25) is 0 Å². The number of amides is 1. The summed E-state index contributed by atoms with van der Waals surface area (Å²) in [7, 11) is 1.36. The van der Waals surface area contributed by atoms with Crippen molar-refractivity contribution in [3.63, 3.8) is 0 Å². The number of Topliss-reactive ketones (excluding diaryl/α,β-unsaturated/α-hetero) is 1. The normalized spacial score (nSPS) is 37.3. The molecule has 3 aliphatic rings. The minimum Gasteiger partial charge on any atom is -0.472 e. The minimum atomic E-state index is -0.735. The molecule has 2 heterocycles. The Kier molecular flexibility index (Phi) is 6.38. The van der Waals surface area contributed by atoms with Crippen LogP contribution in [-0.4, -0.2) is 48.2 Å². The molecule has 2 saturated carbocycles. The summed E-state index contributed by atoms with van der Waals surface area (Å²) in [5.41, 5.74) is -0.666. The van der Waals surface area contributed by atoms with Crippen molar-refractivity contribution in [3.8, 4) is 0 Å². The van der Waals surface area contributed by atoms with Crippen molar-refractivity contribution in [1.29, 1.82) is 0 Å². The Morgan fingerprint density at radius 2 is 1.94 bits per heavy atom. The lowest BCUT2D eigenvalue weighted by atomic mass is 9.42. The first-order chi connectivity index (χ1) is 16.1. The van der Waals surface area contributed by atoms with Gasteiger partial charge >= 0.3 is 11.9 Å². The molecule has 8 heteroatoms. The molecule has 34 heavy (non-hydrogen) atoms. The molecule has 0 N–H and O–H groups in total. The van der Waals surface area contributed by atoms with Gasteiger partial charge in [-0.15, -0.1) is 0 Å². The lowest BCUT2D eigenvalue weighted by Crippen LogP contribution is -2.66. The van der Waals surface area contributed by atoms with Gasteiger partial charge in [0, 0.05) is 24.4 Å². The Bertz CT molecular complexity index is 972. The van der Waals surface area contributed by atoms with Crippen molar-refractivity contribution in [1.82, 2.24) is 4.90 Å². The van der Waals surface area contributed by atoms with Crippen LogP contribution in [0.25, 0.3) is 0 Å². The number of ether oxygens (including phenoxy) is 2. The largest absolute Gasteiger partial charge is 0.472 e. The van der Waals surface area contributed by atoms with E-state index >= 15 is 0 Å². The highest BCUT2D eigenvalue weighted by atomic mass is 16.5. The molecule has 0 radical (unpaired) electrons. The van der Waals surface area contributed by atoms with Crippen molar-refractivity contribution < 1.29 is 33.1 Å². The number of carbonyl (C=O) groups is 4. The van der Waals surface area contributed by atoms with Crippen molar-refractivity contribution in [3.05, 3.63) is 24.2 Å². The molecule has 3 fully saturated rings. The maximum atomic E-state index is 14.3. The predicted octanol–water partition coefficient (Wildman–Crippen LogP) is 3.70. The van der Waals surface area contributed by atoms with E-state index in [0.29, 0.717) is 25.8 Å². The van der Waals surface area contributed by atoms with Crippen LogP contribution in [0, 0.1) is 28.6 Å². The van der Waals surface area contributed by atoms with Gasteiger partial charge in [0.25, 0.3) is 0 Å². The van der Waals surface area contributed by atoms with Gasteiger partial charge in [0.05, 0.1) is 37.5 Å². The second kappa shape index (κ2) is 8.86. The Labute approximate surface area is 200 Å². The number of rotatable bonds is 5. The average Bonchev–Trinajstić information content (AvgIpc) is 3.34. The summed E-state index contributed by atoms with van der Waals surface area (Å²) in [6.07, 6.45) is 4.61. The van der Waals surface area contributed by atoms with Crippen LogP contribution in [0.3, 0.4) is 0 Å². The number of likely N-dealkylation sites (N-methyl/N-ethyl adjacent to an activating group) is 1. The Morgan fingerprint density at radius 3 is 2.53 bits per heavy atom. The fourth-order valence-electron chi connectivity index (χ4n) is 7.23. The van der Waals surface area contributed by atoms with Gasteiger partial charge in [0.1, 0.15) is 6.10 Å². The maximum absolute atomic E-state index is 14.3. The summed E-state index contributed by atoms with van der Waals surface area (Å²) < 4.78 is 16.2. The lowest BCUT2D eigenvalue weighted by molar-refractivity contribution is -0.206. The van der Waals surface area contributed by atoms with Gasteiger partial charge in [-0.2, -0.15) is 0 Å². The lowest BCUT2D eigenvalue weighted by Gasteiger charge is -2.61. The monoisotopic (exact) mass is 473 g/mol. The first kappa shape index (κ1) is 24.5. The van der Waals surface area contributed by atoms with Crippen molar-refractivity contribution >= 4 is 23.6 Å². The molecule has 1 saturated heterocycles. The quantitative estimate of drug-likeness (QED) is 0.601. The molecule has 7 atom stereocenters. The topological polar surface area (TPSA) is 103 Å². The third kappa shape index (κ3) is 3.57. The molecule has 4 rings (SSSR count). The molecule has 8 nitrogen and oxygen atoms in total. The smallest absolute Gasteiger partial charge is 0.310 e. The van der Waals surface area contributed by atoms with Crippen molar-refractivity contribution in [2.45, 2.75) is 71.9 Å². The summed E-state index contributed by atoms with van der Waals surface area (Å²) in [5.74, 6) is -2.45. The van der Waals surface area contributed by atoms with E-state index in [9.17, 15) is 19.2 Å². The predicted molar refractivity (Wildman–Crippen MR) is 121 cm³/mol. The van der Waals surface area contributed by atoms with Gasteiger partial charge in [-0.05, 0) is 49.5 Å². The molecule has 0 unspecified atom stereocenters. The van der Waals surface area contributed by atoms with E-state index in [1.807, 2.05) is 20.8 Å². The highest BCUT2D eigenvalue weighted by molar-refractivity contribution is 5.95. The number of furan rings is 1. The molecule has 0 aromatic carbocycles. The van der Waals surface area contributed by atoms with E-state index < -0.39 is 40.7 Å². The van der Waals surface area contributed by atoms with Crippen LogP contribution in [0.5, 0.6) is 0 Å². The highest BCUT2D eigenvalue weighted by Gasteiger charge is 2.67. The molecule has 0 bridgehead atoms. The molecule has 1 amide bonds. The van der Waals surface area contributed by atoms with Crippen LogP contribution in [-0.2, 0) is 28.7 Å². The van der Waals surface area contributed by atoms with Gasteiger partial charge < -0.3 is 18.8 Å². The molecule has 186 valence electrons. The number of cyclic esters (lactones) is 1. The Balaban J connectivity index is 1.82. The summed E-state index contributed by atoms with van der Waals surface area (Å²) in [5, 5.41) is 0. The zero-order chi connectivity index (χ0) is 24.8. The SMILES string of the molecule is CCC(=O)N(CC)[C@H]1C[C@@H](C(=O)OC)[C@]2(C)CC[C@H]3C(=O)O[C@H](c4ccoc4)C[C@]3(C)[C@H]2C1=O. The fourth-order valence-corrected chi connectivity index (χ4v) is 7.23. The fraction of sp³-hybridized carbons (Fsp3) is 0.692. The third-order valence-electron chi connectivity index (χ3n) is 8.86. The number of carbonyl (C=O) groups excluding carboxylic acids is 4. The summed E-state index contributed by atoms with van der Waals surface area (Å²) in [4.78, 5) is 54.9. The van der Waals surface area contributed by atoms with Crippen LogP contribution in [0.4, 0.5) is 0 Å². The molecular formula is C26H35NO7. The summed E-state index contributed by atoms with van der Waals surface area (Å²) in [6.45, 7) is 7.96. The standard InChI is InChI=1S/C26H35NO7/c1-6-20(28)27(7-2)18-12-17(23(30)32-5)25(3)10-8-16-24(31)34-19(15-9-11-33-14-15)13-26(16,4)22(25)21(18)29/h9,11,14,16-19,22H,6-8,10,12-13H2,1-5H3/t16-,17-,18-,19-,22-,25-,26-/m0/s1. The van der Waals surface area contributed by atoms with Crippen molar-refractivity contribution in [2.75, 3.05) is 13.7 Å². The number of hydrogen-bond acceptors (Lipinski definition) is 7. The average molecular weight is 474 g/mol. The number of fused-ring (bicyclic) bond motifs is 3. The summed E-state index contributed by atoms with van der Waals surface area (Å²) >= 11 is 0. The van der Waals surface area contributed by atoms with Gasteiger partial charge in [0.2, 0.25) is 5.91 Å². The van der Waals surface area contributed by atoms with E-state index in [2.05, 4.69) is 0 Å². The van der Waals surface area contributed by atoms with E-state index in [0.717, 1.165) is 5.56 Å². The molecule has 1 aromatic heterocycles. The number of methoxy groups -OCH3 is 1. The second-order valence-corrected chi connectivity index (χ2v) is 10.5. The zero-order valence-corrected chi connectivity index (χ0v) is 20.7. The molecule has 1 aromatic rings.